The van der Waals surface area contributed by atoms with Crippen molar-refractivity contribution in [3.8, 4) is 5.88 Å². The zero-order valence-corrected chi connectivity index (χ0v) is 10.8. The third kappa shape index (κ3) is 3.81. The fourth-order valence-corrected chi connectivity index (χ4v) is 1.76. The van der Waals surface area contributed by atoms with Crippen molar-refractivity contribution in [2.45, 2.75) is 6.10 Å². The molecule has 2 aromatic rings. The maximum absolute atomic E-state index is 13.3. The minimum absolute atomic E-state index is 0.122. The Hall–Kier alpha value is -1.87. The molecule has 0 aliphatic carbocycles. The van der Waals surface area contributed by atoms with Gasteiger partial charge in [0.05, 0.1) is 11.7 Å². The summed E-state index contributed by atoms with van der Waals surface area (Å²) in [7, 11) is 0. The molecule has 20 heavy (non-hydrogen) atoms. The number of halogens is 3. The van der Waals surface area contributed by atoms with E-state index in [4.69, 9.17) is 4.74 Å². The van der Waals surface area contributed by atoms with E-state index in [1.54, 1.807) is 0 Å². The number of benzene rings is 1. The zero-order chi connectivity index (χ0) is 14.5. The number of ether oxygens (including phenoxy) is 1. The van der Waals surface area contributed by atoms with Crippen molar-refractivity contribution < 1.29 is 23.0 Å². The van der Waals surface area contributed by atoms with Gasteiger partial charge >= 0.3 is 0 Å². The molecular weight excluding hydrogens is 295 g/mol. The summed E-state index contributed by atoms with van der Waals surface area (Å²) in [5, 5.41) is 12.0. The molecule has 0 fully saturated rings. The van der Waals surface area contributed by atoms with Crippen LogP contribution in [-0.4, -0.2) is 33.1 Å². The van der Waals surface area contributed by atoms with Crippen molar-refractivity contribution >= 4 is 17.4 Å². The van der Waals surface area contributed by atoms with Gasteiger partial charge in [-0.15, -0.1) is 4.37 Å². The van der Waals surface area contributed by atoms with Gasteiger partial charge in [-0.05, 0) is 0 Å². The van der Waals surface area contributed by atoms with E-state index in [0.29, 0.717) is 12.1 Å². The van der Waals surface area contributed by atoms with Crippen LogP contribution in [0.25, 0.3) is 0 Å². The first-order chi connectivity index (χ1) is 9.56. The summed E-state index contributed by atoms with van der Waals surface area (Å²) in [5.74, 6) is -2.89. The molecule has 0 amide bonds. The van der Waals surface area contributed by atoms with Gasteiger partial charge in [0.15, 0.2) is 11.6 Å². The van der Waals surface area contributed by atoms with Crippen LogP contribution in [0.1, 0.15) is 0 Å². The highest BCUT2D eigenvalue weighted by atomic mass is 32.1. The first kappa shape index (κ1) is 14.5. The number of aliphatic hydroxyl groups excluding tert-OH is 1. The van der Waals surface area contributed by atoms with Gasteiger partial charge in [0.25, 0.3) is 0 Å². The Balaban J connectivity index is 1.85. The average Bonchev–Trinajstić information content (AvgIpc) is 2.88. The lowest BCUT2D eigenvalue weighted by Crippen LogP contribution is -2.27. The van der Waals surface area contributed by atoms with E-state index in [0.717, 1.165) is 11.7 Å². The highest BCUT2D eigenvalue weighted by Crippen LogP contribution is 2.20. The molecule has 0 saturated carbocycles. The van der Waals surface area contributed by atoms with Crippen LogP contribution in [0.4, 0.5) is 18.9 Å². The summed E-state index contributed by atoms with van der Waals surface area (Å²) in [6.07, 6.45) is 0.352. The zero-order valence-electron chi connectivity index (χ0n) is 10.0. The van der Waals surface area contributed by atoms with Crippen LogP contribution in [0.2, 0.25) is 0 Å². The quantitative estimate of drug-likeness (QED) is 0.852. The number of anilines is 1. The minimum Gasteiger partial charge on any atom is -0.473 e. The number of hydrogen-bond donors (Lipinski definition) is 2. The SMILES string of the molecule is OC(CNc1c(F)cc(F)cc1F)COc1cnsn1. The molecule has 0 bridgehead atoms. The highest BCUT2D eigenvalue weighted by Gasteiger charge is 2.13. The van der Waals surface area contributed by atoms with E-state index in [1.165, 1.54) is 6.20 Å². The summed E-state index contributed by atoms with van der Waals surface area (Å²) in [6.45, 7) is -0.292. The second-order valence-electron chi connectivity index (χ2n) is 3.84. The minimum atomic E-state index is -1.07. The Kier molecular flexibility index (Phi) is 4.74. The van der Waals surface area contributed by atoms with Gasteiger partial charge in [-0.3, -0.25) is 0 Å². The smallest absolute Gasteiger partial charge is 0.245 e. The number of rotatable bonds is 6. The number of nitrogens with one attached hydrogen (secondary N) is 1. The van der Waals surface area contributed by atoms with Gasteiger partial charge in [-0.25, -0.2) is 13.2 Å². The normalized spacial score (nSPS) is 12.2. The van der Waals surface area contributed by atoms with Crippen molar-refractivity contribution in [3.05, 3.63) is 35.8 Å². The van der Waals surface area contributed by atoms with Crippen LogP contribution in [-0.2, 0) is 0 Å². The van der Waals surface area contributed by atoms with Crippen molar-refractivity contribution in [2.24, 2.45) is 0 Å². The van der Waals surface area contributed by atoms with Crippen molar-refractivity contribution in [1.29, 1.82) is 0 Å². The van der Waals surface area contributed by atoms with Gasteiger partial charge in [-0.2, -0.15) is 4.37 Å². The van der Waals surface area contributed by atoms with E-state index in [2.05, 4.69) is 14.1 Å². The number of hydrogen-bond acceptors (Lipinski definition) is 6. The van der Waals surface area contributed by atoms with E-state index >= 15 is 0 Å². The van der Waals surface area contributed by atoms with Crippen LogP contribution in [0.5, 0.6) is 5.88 Å². The molecule has 1 aromatic heterocycles. The van der Waals surface area contributed by atoms with E-state index < -0.39 is 29.2 Å². The second-order valence-corrected chi connectivity index (χ2v) is 4.39. The summed E-state index contributed by atoms with van der Waals surface area (Å²) < 4.78 is 51.8. The predicted molar refractivity (Wildman–Crippen MR) is 66.2 cm³/mol. The molecule has 5 nitrogen and oxygen atoms in total. The molecule has 108 valence electrons. The molecule has 1 unspecified atom stereocenters. The summed E-state index contributed by atoms with van der Waals surface area (Å²) in [4.78, 5) is 0. The maximum atomic E-state index is 13.3. The molecule has 0 radical (unpaired) electrons. The highest BCUT2D eigenvalue weighted by molar-refractivity contribution is 6.99. The second kappa shape index (κ2) is 6.53. The molecule has 2 N–H and O–H groups in total. The van der Waals surface area contributed by atoms with E-state index in [9.17, 15) is 18.3 Å². The van der Waals surface area contributed by atoms with Crippen LogP contribution in [0, 0.1) is 17.5 Å². The van der Waals surface area contributed by atoms with Gasteiger partial charge in [0, 0.05) is 18.7 Å². The van der Waals surface area contributed by atoms with E-state index in [1.807, 2.05) is 0 Å². The molecule has 2 rings (SSSR count). The fourth-order valence-electron chi connectivity index (χ4n) is 1.39. The fraction of sp³-hybridized carbons (Fsp3) is 0.273. The summed E-state index contributed by atoms with van der Waals surface area (Å²) in [6, 6.07) is 1.10. The van der Waals surface area contributed by atoms with Crippen LogP contribution < -0.4 is 10.1 Å². The van der Waals surface area contributed by atoms with Crippen molar-refractivity contribution in [1.82, 2.24) is 8.75 Å². The van der Waals surface area contributed by atoms with Crippen LogP contribution >= 0.6 is 11.7 Å². The van der Waals surface area contributed by atoms with Crippen molar-refractivity contribution in [2.75, 3.05) is 18.5 Å². The first-order valence-corrected chi connectivity index (χ1v) is 6.26. The standard InChI is InChI=1S/C11H10F3N3O2S/c12-6-1-8(13)11(9(14)2-6)15-3-7(18)5-19-10-4-16-20-17-10/h1-2,4,7,15,18H,3,5H2. The number of aliphatic hydroxyl groups is 1. The molecule has 0 saturated heterocycles. The third-order valence-electron chi connectivity index (χ3n) is 2.29. The third-order valence-corrected chi connectivity index (χ3v) is 2.75. The summed E-state index contributed by atoms with van der Waals surface area (Å²) >= 11 is 0.950. The molecule has 1 atom stereocenters. The lowest BCUT2D eigenvalue weighted by Gasteiger charge is -2.13. The van der Waals surface area contributed by atoms with Crippen molar-refractivity contribution in [3.63, 3.8) is 0 Å². The van der Waals surface area contributed by atoms with Crippen LogP contribution in [0.3, 0.4) is 0 Å². The first-order valence-electron chi connectivity index (χ1n) is 5.53. The Labute approximate surface area is 116 Å². The molecule has 0 aliphatic heterocycles. The maximum Gasteiger partial charge on any atom is 0.245 e. The Morgan fingerprint density at radius 2 is 2.00 bits per heavy atom. The molecule has 9 heteroatoms. The Morgan fingerprint density at radius 1 is 1.30 bits per heavy atom. The monoisotopic (exact) mass is 305 g/mol. The number of aromatic nitrogens is 2. The van der Waals surface area contributed by atoms with Gasteiger partial charge in [0.1, 0.15) is 30.4 Å². The molecule has 1 heterocycles. The van der Waals surface area contributed by atoms with Gasteiger partial charge in [0.2, 0.25) is 5.88 Å². The lowest BCUT2D eigenvalue weighted by atomic mass is 10.2. The Bertz CT molecular complexity index is 545. The van der Waals surface area contributed by atoms with Crippen LogP contribution in [0.15, 0.2) is 18.3 Å². The Morgan fingerprint density at radius 3 is 2.60 bits per heavy atom. The van der Waals surface area contributed by atoms with Gasteiger partial charge < -0.3 is 15.2 Å². The van der Waals surface area contributed by atoms with Gasteiger partial charge in [-0.1, -0.05) is 0 Å². The molecule has 1 aromatic carbocycles. The molecular formula is C11H10F3N3O2S. The molecule has 0 aliphatic rings. The average molecular weight is 305 g/mol. The largest absolute Gasteiger partial charge is 0.473 e. The number of nitrogens with zero attached hydrogens (tertiary/aromatic N) is 2. The molecule has 0 spiro atoms. The topological polar surface area (TPSA) is 67.3 Å². The summed E-state index contributed by atoms with van der Waals surface area (Å²) in [5.41, 5.74) is -0.499. The predicted octanol–water partition coefficient (Wildman–Crippen LogP) is 1.81. The van der Waals surface area contributed by atoms with E-state index in [-0.39, 0.29) is 19.0 Å². The lowest BCUT2D eigenvalue weighted by molar-refractivity contribution is 0.115.